The topological polar surface area (TPSA) is 29.1 Å². The van der Waals surface area contributed by atoms with Crippen LogP contribution < -0.4 is 5.32 Å². The maximum Gasteiger partial charge on any atom is 0.255 e. The van der Waals surface area contributed by atoms with Crippen molar-refractivity contribution in [3.8, 4) is 0 Å². The van der Waals surface area contributed by atoms with Gasteiger partial charge in [0.2, 0.25) is 0 Å². The Morgan fingerprint density at radius 2 is 1.22 bits per heavy atom. The van der Waals surface area contributed by atoms with Gasteiger partial charge in [0.1, 0.15) is 0 Å². The van der Waals surface area contributed by atoms with E-state index in [1.54, 1.807) is 0 Å². The first-order valence-electron chi connectivity index (χ1n) is 8.11. The Hall–Kier alpha value is -2.09. The van der Waals surface area contributed by atoms with Gasteiger partial charge < -0.3 is 5.32 Å². The van der Waals surface area contributed by atoms with E-state index >= 15 is 0 Å². The highest BCUT2D eigenvalue weighted by molar-refractivity contribution is 6.05. The average Bonchev–Trinajstić information content (AvgIpc) is 2.46. The van der Waals surface area contributed by atoms with Gasteiger partial charge in [-0.05, 0) is 34.1 Å². The zero-order valence-electron chi connectivity index (χ0n) is 15.0. The first-order valence-corrected chi connectivity index (χ1v) is 8.11. The Kier molecular flexibility index (Phi) is 4.65. The van der Waals surface area contributed by atoms with E-state index in [1.807, 2.05) is 30.3 Å². The molecule has 2 rings (SSSR count). The van der Waals surface area contributed by atoms with E-state index in [1.165, 1.54) is 0 Å². The third-order valence-electron chi connectivity index (χ3n) is 3.95. The molecule has 1 amide bonds. The molecule has 0 aliphatic carbocycles. The van der Waals surface area contributed by atoms with Crippen LogP contribution in [-0.4, -0.2) is 5.91 Å². The van der Waals surface area contributed by atoms with Crippen molar-refractivity contribution < 1.29 is 4.79 Å². The molecule has 0 aliphatic rings. The van der Waals surface area contributed by atoms with E-state index in [2.05, 4.69) is 65.1 Å². The Morgan fingerprint density at radius 1 is 0.739 bits per heavy atom. The summed E-state index contributed by atoms with van der Waals surface area (Å²) < 4.78 is 0. The molecule has 0 bridgehead atoms. The molecular weight excluding hydrogens is 282 g/mol. The molecule has 2 aromatic carbocycles. The minimum Gasteiger partial charge on any atom is -0.321 e. The molecule has 0 fully saturated rings. The highest BCUT2D eigenvalue weighted by Crippen LogP contribution is 2.37. The van der Waals surface area contributed by atoms with Crippen LogP contribution in [0, 0.1) is 0 Å². The van der Waals surface area contributed by atoms with Gasteiger partial charge in [-0.3, -0.25) is 4.79 Å². The Balaban J connectivity index is 2.53. The van der Waals surface area contributed by atoms with Gasteiger partial charge >= 0.3 is 0 Å². The molecule has 2 heteroatoms. The van der Waals surface area contributed by atoms with Crippen molar-refractivity contribution in [2.24, 2.45) is 0 Å². The van der Waals surface area contributed by atoms with Crippen molar-refractivity contribution in [1.82, 2.24) is 0 Å². The maximum absolute atomic E-state index is 12.7. The predicted octanol–water partition coefficient (Wildman–Crippen LogP) is 5.53. The number of rotatable bonds is 2. The average molecular weight is 309 g/mol. The Morgan fingerprint density at radius 3 is 1.65 bits per heavy atom. The van der Waals surface area contributed by atoms with Crippen molar-refractivity contribution in [1.29, 1.82) is 0 Å². The van der Waals surface area contributed by atoms with Crippen LogP contribution in [0.25, 0.3) is 0 Å². The van der Waals surface area contributed by atoms with Crippen LogP contribution in [0.4, 0.5) is 5.69 Å². The Bertz CT molecular complexity index is 656. The zero-order valence-corrected chi connectivity index (χ0v) is 15.0. The van der Waals surface area contributed by atoms with Crippen molar-refractivity contribution in [2.75, 3.05) is 5.32 Å². The van der Waals surface area contributed by atoms with Crippen molar-refractivity contribution in [3.05, 3.63) is 65.2 Å². The molecule has 0 heterocycles. The molecule has 0 radical (unpaired) electrons. The van der Waals surface area contributed by atoms with Crippen molar-refractivity contribution in [3.63, 3.8) is 0 Å². The van der Waals surface area contributed by atoms with Crippen LogP contribution >= 0.6 is 0 Å². The van der Waals surface area contributed by atoms with Gasteiger partial charge in [-0.2, -0.15) is 0 Å². The van der Waals surface area contributed by atoms with Crippen molar-refractivity contribution in [2.45, 2.75) is 52.4 Å². The van der Waals surface area contributed by atoms with Gasteiger partial charge in [0, 0.05) is 11.3 Å². The molecule has 0 saturated heterocycles. The molecule has 0 aromatic heterocycles. The van der Waals surface area contributed by atoms with E-state index in [0.717, 1.165) is 16.8 Å². The summed E-state index contributed by atoms with van der Waals surface area (Å²) >= 11 is 0. The number of hydrogen-bond donors (Lipinski definition) is 1. The highest BCUT2D eigenvalue weighted by atomic mass is 16.1. The molecule has 0 spiro atoms. The molecule has 1 N–H and O–H groups in total. The summed E-state index contributed by atoms with van der Waals surface area (Å²) in [6.45, 7) is 13.0. The minimum absolute atomic E-state index is 0.0411. The van der Waals surface area contributed by atoms with Gasteiger partial charge in [-0.1, -0.05) is 77.9 Å². The third kappa shape index (κ3) is 4.01. The monoisotopic (exact) mass is 309 g/mol. The summed E-state index contributed by atoms with van der Waals surface area (Å²) in [7, 11) is 0. The molecule has 23 heavy (non-hydrogen) atoms. The summed E-state index contributed by atoms with van der Waals surface area (Å²) in [5.74, 6) is -0.0622. The fraction of sp³-hybridized carbons (Fsp3) is 0.381. The van der Waals surface area contributed by atoms with Gasteiger partial charge in [-0.25, -0.2) is 0 Å². The van der Waals surface area contributed by atoms with E-state index in [0.29, 0.717) is 5.56 Å². The summed E-state index contributed by atoms with van der Waals surface area (Å²) in [6.07, 6.45) is 0. The fourth-order valence-corrected chi connectivity index (χ4v) is 2.71. The lowest BCUT2D eigenvalue weighted by atomic mass is 9.78. The van der Waals surface area contributed by atoms with Crippen LogP contribution in [0.3, 0.4) is 0 Å². The molecule has 0 atom stereocenters. The number of anilines is 1. The quantitative estimate of drug-likeness (QED) is 0.776. The van der Waals surface area contributed by atoms with Gasteiger partial charge in [0.15, 0.2) is 0 Å². The lowest BCUT2D eigenvalue weighted by molar-refractivity contribution is 0.102. The molecule has 122 valence electrons. The Labute approximate surface area is 139 Å². The van der Waals surface area contributed by atoms with Crippen LogP contribution in [-0.2, 0) is 10.8 Å². The number of hydrogen-bond acceptors (Lipinski definition) is 1. The normalized spacial score (nSPS) is 12.1. The van der Waals surface area contributed by atoms with Gasteiger partial charge in [0.25, 0.3) is 5.91 Å². The highest BCUT2D eigenvalue weighted by Gasteiger charge is 2.26. The summed E-state index contributed by atoms with van der Waals surface area (Å²) in [5.41, 5.74) is 3.86. The van der Waals surface area contributed by atoms with Crippen LogP contribution in [0.15, 0.2) is 48.5 Å². The second-order valence-corrected chi connectivity index (χ2v) is 8.05. The van der Waals surface area contributed by atoms with E-state index in [-0.39, 0.29) is 16.7 Å². The molecular formula is C21H27NO. The number of benzene rings is 2. The number of carbonyl (C=O) groups is 1. The number of para-hydroxylation sites is 1. The fourth-order valence-electron chi connectivity index (χ4n) is 2.71. The summed E-state index contributed by atoms with van der Waals surface area (Å²) in [4.78, 5) is 12.7. The minimum atomic E-state index is -0.0622. The summed E-state index contributed by atoms with van der Waals surface area (Å²) in [6, 6.07) is 15.7. The molecule has 2 nitrogen and oxygen atoms in total. The number of nitrogens with one attached hydrogen (secondary N) is 1. The summed E-state index contributed by atoms with van der Waals surface area (Å²) in [5, 5.41) is 3.17. The van der Waals surface area contributed by atoms with E-state index < -0.39 is 0 Å². The third-order valence-corrected chi connectivity index (χ3v) is 3.95. The maximum atomic E-state index is 12.7. The van der Waals surface area contributed by atoms with Crippen LogP contribution in [0.1, 0.15) is 63.0 Å². The van der Waals surface area contributed by atoms with Crippen LogP contribution in [0.5, 0.6) is 0 Å². The van der Waals surface area contributed by atoms with Gasteiger partial charge in [0.05, 0.1) is 0 Å². The lowest BCUT2D eigenvalue weighted by Gasteiger charge is -2.30. The van der Waals surface area contributed by atoms with Gasteiger partial charge in [-0.15, -0.1) is 0 Å². The largest absolute Gasteiger partial charge is 0.321 e. The molecule has 2 aromatic rings. The zero-order chi connectivity index (χ0) is 17.3. The standard InChI is InChI=1S/C21H27NO/c1-20(2,3)16-13-10-14-17(21(4,5)6)18(16)22-19(23)15-11-8-7-9-12-15/h7-14H,1-6H3,(H,22,23). The van der Waals surface area contributed by atoms with E-state index in [4.69, 9.17) is 0 Å². The van der Waals surface area contributed by atoms with Crippen LogP contribution in [0.2, 0.25) is 0 Å². The second kappa shape index (κ2) is 6.19. The number of carbonyl (C=O) groups excluding carboxylic acids is 1. The smallest absolute Gasteiger partial charge is 0.255 e. The molecule has 0 aliphatic heterocycles. The SMILES string of the molecule is CC(C)(C)c1cccc(C(C)(C)C)c1NC(=O)c1ccccc1. The van der Waals surface area contributed by atoms with E-state index in [9.17, 15) is 4.79 Å². The number of amides is 1. The molecule has 0 saturated carbocycles. The lowest BCUT2D eigenvalue weighted by Crippen LogP contribution is -2.23. The van der Waals surface area contributed by atoms with Crippen molar-refractivity contribution >= 4 is 11.6 Å². The predicted molar refractivity (Wildman–Crippen MR) is 98.2 cm³/mol. The first kappa shape index (κ1) is 17.3. The first-order chi connectivity index (χ1) is 10.6. The second-order valence-electron chi connectivity index (χ2n) is 8.05. The molecule has 0 unspecified atom stereocenters.